The van der Waals surface area contributed by atoms with Crippen LogP contribution in [0.4, 0.5) is 0 Å². The monoisotopic (exact) mass is 505 g/mol. The van der Waals surface area contributed by atoms with Gasteiger partial charge in [0, 0.05) is 31.2 Å². The fraction of sp³-hybridized carbons (Fsp3) is 0.333. The summed E-state index contributed by atoms with van der Waals surface area (Å²) >= 11 is 6.03. The number of aliphatic hydroxyl groups excluding tert-OH is 1. The van der Waals surface area contributed by atoms with Gasteiger partial charge >= 0.3 is 0 Å². The summed E-state index contributed by atoms with van der Waals surface area (Å²) in [5, 5.41) is 11.6. The molecule has 8 nitrogen and oxygen atoms in total. The molecule has 1 aliphatic heterocycles. The van der Waals surface area contributed by atoms with Crippen LogP contribution in [-0.4, -0.2) is 80.6 Å². The Morgan fingerprint density at radius 3 is 2.12 bits per heavy atom. The first-order chi connectivity index (χ1) is 15.9. The van der Waals surface area contributed by atoms with Crippen molar-refractivity contribution in [3.8, 4) is 0 Å². The van der Waals surface area contributed by atoms with Gasteiger partial charge in [-0.05, 0) is 69.0 Å². The van der Waals surface area contributed by atoms with E-state index in [0.29, 0.717) is 23.6 Å². The fourth-order valence-electron chi connectivity index (χ4n) is 3.81. The summed E-state index contributed by atoms with van der Waals surface area (Å²) in [6, 6.07) is 11.5. The van der Waals surface area contributed by atoms with Crippen molar-refractivity contribution in [2.45, 2.75) is 17.4 Å². The zero-order valence-electron chi connectivity index (χ0n) is 19.5. The second-order valence-corrected chi connectivity index (χ2v) is 11.1. The third kappa shape index (κ3) is 5.17. The Bertz CT molecular complexity index is 1210. The molecule has 0 saturated carbocycles. The number of carbonyl (C=O) groups excluding carboxylic acids is 2. The lowest BCUT2D eigenvalue weighted by Crippen LogP contribution is -2.32. The highest BCUT2D eigenvalue weighted by molar-refractivity contribution is 7.89. The molecule has 2 aromatic carbocycles. The summed E-state index contributed by atoms with van der Waals surface area (Å²) in [6.45, 7) is 1.05. The van der Waals surface area contributed by atoms with Crippen molar-refractivity contribution in [2.75, 3.05) is 41.3 Å². The van der Waals surface area contributed by atoms with Crippen LogP contribution in [0, 0.1) is 0 Å². The van der Waals surface area contributed by atoms with E-state index in [-0.39, 0.29) is 21.8 Å². The number of benzene rings is 2. The minimum absolute atomic E-state index is 0.0413. The Hall–Kier alpha value is -2.72. The average molecular weight is 506 g/mol. The number of amides is 1. The number of nitrogens with zero attached hydrogens (tertiary/aromatic N) is 3. The Labute approximate surface area is 205 Å². The van der Waals surface area contributed by atoms with E-state index in [4.69, 9.17) is 11.6 Å². The Morgan fingerprint density at radius 2 is 1.59 bits per heavy atom. The molecule has 0 radical (unpaired) electrons. The quantitative estimate of drug-likeness (QED) is 0.336. The molecular weight excluding hydrogens is 478 g/mol. The van der Waals surface area contributed by atoms with Crippen LogP contribution in [0.15, 0.2) is 59.0 Å². The summed E-state index contributed by atoms with van der Waals surface area (Å²) in [5.74, 6) is -1.83. The van der Waals surface area contributed by atoms with Crippen molar-refractivity contribution in [1.82, 2.24) is 14.1 Å². The topological polar surface area (TPSA) is 98.2 Å². The number of hydrogen-bond acceptors (Lipinski definition) is 6. The maximum Gasteiger partial charge on any atom is 0.295 e. The van der Waals surface area contributed by atoms with Crippen LogP contribution < -0.4 is 0 Å². The van der Waals surface area contributed by atoms with Crippen LogP contribution in [-0.2, 0) is 19.6 Å². The lowest BCUT2D eigenvalue weighted by molar-refractivity contribution is -0.139. The van der Waals surface area contributed by atoms with E-state index in [1.807, 2.05) is 19.0 Å². The largest absolute Gasteiger partial charge is 0.507 e. The summed E-state index contributed by atoms with van der Waals surface area (Å²) in [7, 11) is 3.04. The van der Waals surface area contributed by atoms with Gasteiger partial charge in [-0.25, -0.2) is 12.7 Å². The molecule has 0 spiro atoms. The van der Waals surface area contributed by atoms with Gasteiger partial charge in [0.2, 0.25) is 10.0 Å². The molecule has 182 valence electrons. The molecule has 3 rings (SSSR count). The third-order valence-corrected chi connectivity index (χ3v) is 7.72. The molecule has 1 N–H and O–H groups in total. The third-order valence-electron chi connectivity index (χ3n) is 5.64. The number of aliphatic hydroxyl groups is 1. The summed E-state index contributed by atoms with van der Waals surface area (Å²) in [4.78, 5) is 29.5. The van der Waals surface area contributed by atoms with Gasteiger partial charge in [-0.15, -0.1) is 0 Å². The van der Waals surface area contributed by atoms with Crippen molar-refractivity contribution in [1.29, 1.82) is 0 Å². The minimum Gasteiger partial charge on any atom is -0.507 e. The van der Waals surface area contributed by atoms with E-state index in [9.17, 15) is 23.1 Å². The molecular formula is C24H28ClN3O5S. The standard InChI is InChI=1S/C24H28ClN3O5S/c1-26(2)14-5-15-28-21(16-6-10-18(25)11-7-16)20(23(30)24(28)31)22(29)17-8-12-19(13-9-17)34(32,33)27(3)4/h6-13,21,29H,5,14-15H2,1-4H3/b22-20+/t21-/m0/s1. The van der Waals surface area contributed by atoms with E-state index in [0.717, 1.165) is 10.8 Å². The Balaban J connectivity index is 2.08. The molecule has 0 unspecified atom stereocenters. The van der Waals surface area contributed by atoms with Crippen LogP contribution in [0.25, 0.3) is 5.76 Å². The predicted molar refractivity (Wildman–Crippen MR) is 131 cm³/mol. The molecule has 0 bridgehead atoms. The molecule has 0 aliphatic carbocycles. The highest BCUT2D eigenvalue weighted by Crippen LogP contribution is 2.39. The first-order valence-electron chi connectivity index (χ1n) is 10.7. The van der Waals surface area contributed by atoms with Gasteiger partial charge in [-0.1, -0.05) is 23.7 Å². The molecule has 1 fully saturated rings. The highest BCUT2D eigenvalue weighted by atomic mass is 35.5. The van der Waals surface area contributed by atoms with Crippen LogP contribution in [0.1, 0.15) is 23.6 Å². The molecule has 0 aromatic heterocycles. The highest BCUT2D eigenvalue weighted by Gasteiger charge is 2.45. The van der Waals surface area contributed by atoms with Gasteiger partial charge in [-0.3, -0.25) is 9.59 Å². The smallest absolute Gasteiger partial charge is 0.295 e. The zero-order chi connectivity index (χ0) is 25.2. The first kappa shape index (κ1) is 25.9. The lowest BCUT2D eigenvalue weighted by atomic mass is 9.95. The molecule has 1 heterocycles. The van der Waals surface area contributed by atoms with E-state index in [1.165, 1.54) is 43.3 Å². The maximum atomic E-state index is 13.0. The molecule has 2 aromatic rings. The van der Waals surface area contributed by atoms with Crippen molar-refractivity contribution >= 4 is 39.1 Å². The Morgan fingerprint density at radius 1 is 1.00 bits per heavy atom. The van der Waals surface area contributed by atoms with Crippen LogP contribution in [0.5, 0.6) is 0 Å². The van der Waals surface area contributed by atoms with Crippen molar-refractivity contribution in [3.05, 3.63) is 70.3 Å². The number of likely N-dealkylation sites (tertiary alicyclic amines) is 1. The van der Waals surface area contributed by atoms with E-state index >= 15 is 0 Å². The molecule has 1 amide bonds. The molecule has 1 aliphatic rings. The fourth-order valence-corrected chi connectivity index (χ4v) is 4.84. The van der Waals surface area contributed by atoms with E-state index in [1.54, 1.807) is 24.3 Å². The number of rotatable bonds is 8. The van der Waals surface area contributed by atoms with Gasteiger partial charge in [-0.2, -0.15) is 0 Å². The van der Waals surface area contributed by atoms with Gasteiger partial charge in [0.1, 0.15) is 5.76 Å². The van der Waals surface area contributed by atoms with Gasteiger partial charge in [0.15, 0.2) is 0 Å². The summed E-state index contributed by atoms with van der Waals surface area (Å²) < 4.78 is 25.8. The Kier molecular flexibility index (Phi) is 7.82. The zero-order valence-corrected chi connectivity index (χ0v) is 21.1. The number of ketones is 1. The minimum atomic E-state index is -3.65. The number of hydrogen-bond donors (Lipinski definition) is 1. The van der Waals surface area contributed by atoms with Crippen LogP contribution in [0.3, 0.4) is 0 Å². The van der Waals surface area contributed by atoms with Gasteiger partial charge in [0.25, 0.3) is 11.7 Å². The van der Waals surface area contributed by atoms with Gasteiger partial charge < -0.3 is 14.9 Å². The number of sulfonamides is 1. The molecule has 10 heteroatoms. The second-order valence-electron chi connectivity index (χ2n) is 8.51. The van der Waals surface area contributed by atoms with Crippen molar-refractivity contribution in [3.63, 3.8) is 0 Å². The van der Waals surface area contributed by atoms with Crippen LogP contribution in [0.2, 0.25) is 5.02 Å². The van der Waals surface area contributed by atoms with Gasteiger partial charge in [0.05, 0.1) is 16.5 Å². The molecule has 34 heavy (non-hydrogen) atoms. The number of Topliss-reactive ketones (excluding diaryl/α,β-unsaturated/α-hetero) is 1. The predicted octanol–water partition coefficient (Wildman–Crippen LogP) is 2.96. The van der Waals surface area contributed by atoms with Crippen LogP contribution >= 0.6 is 11.6 Å². The number of halogens is 1. The summed E-state index contributed by atoms with van der Waals surface area (Å²) in [6.07, 6.45) is 0.640. The number of carbonyl (C=O) groups is 2. The molecule has 1 atom stereocenters. The average Bonchev–Trinajstić information content (AvgIpc) is 3.04. The second kappa shape index (κ2) is 10.3. The van der Waals surface area contributed by atoms with E-state index < -0.39 is 27.8 Å². The normalized spacial score (nSPS) is 18.3. The van der Waals surface area contributed by atoms with Crippen molar-refractivity contribution < 1.29 is 23.1 Å². The lowest BCUT2D eigenvalue weighted by Gasteiger charge is -2.26. The molecule has 1 saturated heterocycles. The maximum absolute atomic E-state index is 13.0. The SMILES string of the molecule is CN(C)CCCN1C(=O)C(=O)/C(=C(/O)c2ccc(S(=O)(=O)N(C)C)cc2)[C@@H]1c1ccc(Cl)cc1. The van der Waals surface area contributed by atoms with Crippen molar-refractivity contribution in [2.24, 2.45) is 0 Å². The first-order valence-corrected chi connectivity index (χ1v) is 12.5. The summed E-state index contributed by atoms with van der Waals surface area (Å²) in [5.41, 5.74) is 0.838. The van der Waals surface area contributed by atoms with E-state index in [2.05, 4.69) is 0 Å².